The molecule has 0 bridgehead atoms. The van der Waals surface area contributed by atoms with Gasteiger partial charge in [-0.25, -0.2) is 8.78 Å². The zero-order chi connectivity index (χ0) is 11.4. The van der Waals surface area contributed by atoms with Crippen molar-refractivity contribution in [1.82, 2.24) is 0 Å². The fourth-order valence-electron chi connectivity index (χ4n) is 1.24. The van der Waals surface area contributed by atoms with Crippen LogP contribution in [0, 0.1) is 11.6 Å². The highest BCUT2D eigenvalue weighted by Crippen LogP contribution is 2.14. The van der Waals surface area contributed by atoms with Crippen molar-refractivity contribution in [2.75, 3.05) is 10.9 Å². The fraction of sp³-hybridized carbons (Fsp3) is 0. The summed E-state index contributed by atoms with van der Waals surface area (Å²) >= 11 is 0. The molecule has 2 aromatic carbocycles. The molecule has 0 aliphatic rings. The van der Waals surface area contributed by atoms with Gasteiger partial charge in [0.15, 0.2) is 0 Å². The van der Waals surface area contributed by atoms with Crippen LogP contribution >= 0.6 is 0 Å². The molecule has 0 radical (unpaired) electrons. The summed E-state index contributed by atoms with van der Waals surface area (Å²) in [5, 5.41) is 0. The molecule has 0 aliphatic heterocycles. The van der Waals surface area contributed by atoms with Crippen LogP contribution in [0.4, 0.5) is 20.2 Å². The maximum Gasteiger partial charge on any atom is 0.148 e. The molecule has 16 heavy (non-hydrogen) atoms. The molecule has 2 aromatic rings. The predicted molar refractivity (Wildman–Crippen MR) is 60.0 cm³/mol. The monoisotopic (exact) mass is 220 g/mol. The number of hydrogen-bond donors (Lipinski definition) is 2. The average Bonchev–Trinajstić information content (AvgIpc) is 2.30. The van der Waals surface area contributed by atoms with Gasteiger partial charge in [0.25, 0.3) is 0 Å². The molecule has 0 heterocycles. The van der Waals surface area contributed by atoms with Gasteiger partial charge < -0.3 is 5.43 Å². The van der Waals surface area contributed by atoms with Crippen molar-refractivity contribution in [3.05, 3.63) is 60.2 Å². The van der Waals surface area contributed by atoms with E-state index in [1.807, 2.05) is 0 Å². The molecule has 2 rings (SSSR count). The third-order valence-electron chi connectivity index (χ3n) is 2.06. The van der Waals surface area contributed by atoms with Gasteiger partial charge in [-0.1, -0.05) is 12.1 Å². The summed E-state index contributed by atoms with van der Waals surface area (Å²) in [6.07, 6.45) is 0. The molecule has 0 aliphatic carbocycles. The van der Waals surface area contributed by atoms with Crippen molar-refractivity contribution in [2.45, 2.75) is 0 Å². The Kier molecular flexibility index (Phi) is 3.00. The van der Waals surface area contributed by atoms with E-state index in [-0.39, 0.29) is 11.6 Å². The Morgan fingerprint density at radius 1 is 0.750 bits per heavy atom. The summed E-state index contributed by atoms with van der Waals surface area (Å²) < 4.78 is 25.8. The van der Waals surface area contributed by atoms with E-state index in [9.17, 15) is 8.78 Å². The van der Waals surface area contributed by atoms with Crippen molar-refractivity contribution in [3.8, 4) is 0 Å². The second kappa shape index (κ2) is 4.61. The molecule has 0 saturated carbocycles. The van der Waals surface area contributed by atoms with Crippen LogP contribution in [-0.4, -0.2) is 0 Å². The van der Waals surface area contributed by atoms with Crippen molar-refractivity contribution < 1.29 is 8.78 Å². The average molecular weight is 220 g/mol. The first-order valence-corrected chi connectivity index (χ1v) is 4.78. The molecule has 0 saturated heterocycles. The lowest BCUT2D eigenvalue weighted by atomic mass is 10.3. The Hall–Kier alpha value is -2.10. The lowest BCUT2D eigenvalue weighted by Crippen LogP contribution is -2.09. The Labute approximate surface area is 91.9 Å². The van der Waals surface area contributed by atoms with Gasteiger partial charge in [-0.3, -0.25) is 5.43 Å². The molecule has 0 fully saturated rings. The molecule has 2 nitrogen and oxygen atoms in total. The first kappa shape index (κ1) is 10.4. The SMILES string of the molecule is Fc1ccc(NNc2ccccc2F)cc1. The maximum absolute atomic E-state index is 13.2. The Morgan fingerprint density at radius 2 is 1.44 bits per heavy atom. The molecule has 0 atom stereocenters. The van der Waals surface area contributed by atoms with E-state index in [4.69, 9.17) is 0 Å². The number of anilines is 2. The van der Waals surface area contributed by atoms with E-state index in [1.54, 1.807) is 30.3 Å². The smallest absolute Gasteiger partial charge is 0.148 e. The van der Waals surface area contributed by atoms with Gasteiger partial charge in [0.05, 0.1) is 11.4 Å². The molecular formula is C12H10F2N2. The molecule has 0 aromatic heterocycles. The first-order chi connectivity index (χ1) is 7.75. The molecule has 82 valence electrons. The third-order valence-corrected chi connectivity index (χ3v) is 2.06. The normalized spacial score (nSPS) is 9.88. The highest BCUT2D eigenvalue weighted by Gasteiger charge is 1.98. The summed E-state index contributed by atoms with van der Waals surface area (Å²) in [6, 6.07) is 12.1. The van der Waals surface area contributed by atoms with E-state index in [1.165, 1.54) is 18.2 Å². The number of hydrogen-bond acceptors (Lipinski definition) is 2. The number of nitrogens with one attached hydrogen (secondary N) is 2. The number of halogens is 2. The topological polar surface area (TPSA) is 24.1 Å². The van der Waals surface area contributed by atoms with Crippen LogP contribution in [0.2, 0.25) is 0 Å². The Balaban J connectivity index is 2.02. The zero-order valence-corrected chi connectivity index (χ0v) is 8.37. The first-order valence-electron chi connectivity index (χ1n) is 4.78. The molecular weight excluding hydrogens is 210 g/mol. The van der Waals surface area contributed by atoms with Gasteiger partial charge in [-0.15, -0.1) is 0 Å². The van der Waals surface area contributed by atoms with Crippen molar-refractivity contribution in [3.63, 3.8) is 0 Å². The largest absolute Gasteiger partial charge is 0.301 e. The fourth-order valence-corrected chi connectivity index (χ4v) is 1.24. The van der Waals surface area contributed by atoms with Gasteiger partial charge in [0.1, 0.15) is 11.6 Å². The van der Waals surface area contributed by atoms with E-state index in [2.05, 4.69) is 10.9 Å². The van der Waals surface area contributed by atoms with Crippen LogP contribution in [0.1, 0.15) is 0 Å². The number of benzene rings is 2. The highest BCUT2D eigenvalue weighted by atomic mass is 19.1. The number of hydrazine groups is 1. The molecule has 0 amide bonds. The van der Waals surface area contributed by atoms with Crippen LogP contribution < -0.4 is 10.9 Å². The maximum atomic E-state index is 13.2. The summed E-state index contributed by atoms with van der Waals surface area (Å²) in [7, 11) is 0. The quantitative estimate of drug-likeness (QED) is 0.774. The van der Waals surface area contributed by atoms with Gasteiger partial charge in [-0.05, 0) is 36.4 Å². The van der Waals surface area contributed by atoms with E-state index in [0.29, 0.717) is 11.4 Å². The number of rotatable bonds is 3. The van der Waals surface area contributed by atoms with Crippen molar-refractivity contribution in [2.24, 2.45) is 0 Å². The Morgan fingerprint density at radius 3 is 2.12 bits per heavy atom. The predicted octanol–water partition coefficient (Wildman–Crippen LogP) is 3.40. The van der Waals surface area contributed by atoms with E-state index >= 15 is 0 Å². The highest BCUT2D eigenvalue weighted by molar-refractivity contribution is 5.52. The van der Waals surface area contributed by atoms with Gasteiger partial charge in [0, 0.05) is 0 Å². The number of para-hydroxylation sites is 1. The molecule has 4 heteroatoms. The summed E-state index contributed by atoms with van der Waals surface area (Å²) in [4.78, 5) is 0. The second-order valence-corrected chi connectivity index (χ2v) is 3.24. The summed E-state index contributed by atoms with van der Waals surface area (Å²) in [5.41, 5.74) is 6.47. The Bertz CT molecular complexity index is 469. The van der Waals surface area contributed by atoms with Gasteiger partial charge in [-0.2, -0.15) is 0 Å². The summed E-state index contributed by atoms with van der Waals surface area (Å²) in [5.74, 6) is -0.659. The minimum atomic E-state index is -0.350. The van der Waals surface area contributed by atoms with Gasteiger partial charge in [0.2, 0.25) is 0 Å². The van der Waals surface area contributed by atoms with Crippen LogP contribution in [-0.2, 0) is 0 Å². The third kappa shape index (κ3) is 2.48. The van der Waals surface area contributed by atoms with Crippen LogP contribution in [0.15, 0.2) is 48.5 Å². The standard InChI is InChI=1S/C12H10F2N2/c13-9-5-7-10(8-6-9)15-16-12-4-2-1-3-11(12)14/h1-8,15-16H. The van der Waals surface area contributed by atoms with E-state index < -0.39 is 0 Å². The van der Waals surface area contributed by atoms with Crippen molar-refractivity contribution in [1.29, 1.82) is 0 Å². The minimum absolute atomic E-state index is 0.309. The van der Waals surface area contributed by atoms with Crippen molar-refractivity contribution >= 4 is 11.4 Å². The van der Waals surface area contributed by atoms with E-state index in [0.717, 1.165) is 0 Å². The minimum Gasteiger partial charge on any atom is -0.301 e. The van der Waals surface area contributed by atoms with Gasteiger partial charge >= 0.3 is 0 Å². The zero-order valence-electron chi connectivity index (χ0n) is 8.37. The van der Waals surface area contributed by atoms with Crippen LogP contribution in [0.3, 0.4) is 0 Å². The lowest BCUT2D eigenvalue weighted by Gasteiger charge is -2.09. The van der Waals surface area contributed by atoms with Crippen LogP contribution in [0.5, 0.6) is 0 Å². The summed E-state index contributed by atoms with van der Waals surface area (Å²) in [6.45, 7) is 0. The molecule has 0 spiro atoms. The second-order valence-electron chi connectivity index (χ2n) is 3.24. The van der Waals surface area contributed by atoms with Crippen LogP contribution in [0.25, 0.3) is 0 Å². The molecule has 2 N–H and O–H groups in total. The molecule has 0 unspecified atom stereocenters. The lowest BCUT2D eigenvalue weighted by molar-refractivity contribution is 0.627.